The van der Waals surface area contributed by atoms with Gasteiger partial charge in [-0.25, -0.2) is 4.98 Å². The van der Waals surface area contributed by atoms with E-state index in [1.807, 2.05) is 6.07 Å². The molecule has 0 saturated heterocycles. The summed E-state index contributed by atoms with van der Waals surface area (Å²) in [6.07, 6.45) is 5.49. The Bertz CT molecular complexity index is 607. The first-order valence-corrected chi connectivity index (χ1v) is 7.06. The molecule has 3 N–H and O–H groups in total. The molecule has 4 rings (SSSR count). The quantitative estimate of drug-likeness (QED) is 0.769. The summed E-state index contributed by atoms with van der Waals surface area (Å²) in [7, 11) is 0. The molecule has 94 valence electrons. The van der Waals surface area contributed by atoms with E-state index in [-0.39, 0.29) is 0 Å². The number of nitrogen functional groups attached to an aromatic ring is 1. The van der Waals surface area contributed by atoms with Crippen molar-refractivity contribution in [3.63, 3.8) is 0 Å². The number of imidazole rings is 1. The van der Waals surface area contributed by atoms with Crippen LogP contribution in [0.5, 0.6) is 0 Å². The first-order chi connectivity index (χ1) is 8.74. The van der Waals surface area contributed by atoms with Crippen LogP contribution in [0.25, 0.3) is 11.0 Å². The van der Waals surface area contributed by atoms with Crippen molar-refractivity contribution >= 4 is 28.3 Å². The number of rotatable bonds is 1. The Morgan fingerprint density at radius 1 is 1.22 bits per heavy atom. The molecule has 3 nitrogen and oxygen atoms in total. The van der Waals surface area contributed by atoms with Crippen molar-refractivity contribution < 1.29 is 0 Å². The molecule has 2 atom stereocenters. The molecule has 0 bridgehead atoms. The Hall–Kier alpha value is -1.22. The van der Waals surface area contributed by atoms with Gasteiger partial charge in [-0.15, -0.1) is 0 Å². The molecule has 0 spiro atoms. The normalized spacial score (nSPS) is 30.4. The zero-order chi connectivity index (χ0) is 12.3. The average Bonchev–Trinajstić information content (AvgIpc) is 2.92. The highest BCUT2D eigenvalue weighted by molar-refractivity contribution is 6.31. The van der Waals surface area contributed by atoms with E-state index in [1.165, 1.54) is 25.7 Å². The number of hydrogen-bond acceptors (Lipinski definition) is 2. The lowest BCUT2D eigenvalue weighted by molar-refractivity contribution is 0.480. The lowest BCUT2D eigenvalue weighted by Gasteiger charge is -2.04. The second-order valence-electron chi connectivity index (χ2n) is 5.65. The molecule has 0 radical (unpaired) electrons. The van der Waals surface area contributed by atoms with Gasteiger partial charge in [-0.3, -0.25) is 0 Å². The van der Waals surface area contributed by atoms with Crippen molar-refractivity contribution in [2.24, 2.45) is 11.8 Å². The Labute approximate surface area is 111 Å². The number of aromatic amines is 1. The third-order valence-corrected chi connectivity index (χ3v) is 4.79. The van der Waals surface area contributed by atoms with Crippen molar-refractivity contribution in [3.05, 3.63) is 23.0 Å². The predicted molar refractivity (Wildman–Crippen MR) is 73.7 cm³/mol. The molecule has 2 aromatic rings. The van der Waals surface area contributed by atoms with Gasteiger partial charge < -0.3 is 10.7 Å². The van der Waals surface area contributed by atoms with Gasteiger partial charge in [0.2, 0.25) is 0 Å². The zero-order valence-corrected chi connectivity index (χ0v) is 10.9. The second-order valence-corrected chi connectivity index (χ2v) is 6.09. The van der Waals surface area contributed by atoms with Crippen molar-refractivity contribution in [1.29, 1.82) is 0 Å². The van der Waals surface area contributed by atoms with Crippen molar-refractivity contribution in [1.82, 2.24) is 9.97 Å². The molecule has 2 unspecified atom stereocenters. The first-order valence-electron chi connectivity index (χ1n) is 6.68. The highest BCUT2D eigenvalue weighted by Gasteiger charge is 2.52. The van der Waals surface area contributed by atoms with Gasteiger partial charge in [0.05, 0.1) is 11.2 Å². The molecular weight excluding hydrogens is 246 g/mol. The minimum absolute atomic E-state index is 0.637. The molecule has 18 heavy (non-hydrogen) atoms. The topological polar surface area (TPSA) is 54.7 Å². The fourth-order valence-electron chi connectivity index (χ4n) is 3.68. The van der Waals surface area contributed by atoms with Gasteiger partial charge in [-0.2, -0.15) is 0 Å². The molecule has 0 amide bonds. The highest BCUT2D eigenvalue weighted by atomic mass is 35.5. The third-order valence-electron chi connectivity index (χ3n) is 4.57. The summed E-state index contributed by atoms with van der Waals surface area (Å²) in [5.74, 6) is 3.47. The van der Waals surface area contributed by atoms with Crippen LogP contribution < -0.4 is 5.73 Å². The number of anilines is 1. The first kappa shape index (κ1) is 10.7. The minimum atomic E-state index is 0.637. The molecule has 0 aliphatic heterocycles. The number of nitrogens with zero attached hydrogens (tertiary/aromatic N) is 1. The molecule has 1 aromatic heterocycles. The van der Waals surface area contributed by atoms with Crippen LogP contribution >= 0.6 is 11.6 Å². The Kier molecular flexibility index (Phi) is 2.16. The highest BCUT2D eigenvalue weighted by Crippen LogP contribution is 2.60. The van der Waals surface area contributed by atoms with Gasteiger partial charge in [-0.1, -0.05) is 24.4 Å². The van der Waals surface area contributed by atoms with Crippen LogP contribution in [0, 0.1) is 11.8 Å². The van der Waals surface area contributed by atoms with Crippen molar-refractivity contribution in [2.75, 3.05) is 5.73 Å². The standard InChI is InChI=1S/C14H16ClN3/c15-7-5-10(16)13-11(6-7)17-14(18-13)12-8-3-1-2-4-9(8)12/h5-6,8-9,12H,1-4,16H2,(H,17,18). The minimum Gasteiger partial charge on any atom is -0.397 e. The number of aromatic nitrogens is 2. The van der Waals surface area contributed by atoms with Gasteiger partial charge in [0.15, 0.2) is 0 Å². The van der Waals surface area contributed by atoms with E-state index in [1.54, 1.807) is 6.07 Å². The second kappa shape index (κ2) is 3.64. The summed E-state index contributed by atoms with van der Waals surface area (Å²) in [5.41, 5.74) is 8.48. The van der Waals surface area contributed by atoms with E-state index < -0.39 is 0 Å². The van der Waals surface area contributed by atoms with E-state index in [9.17, 15) is 0 Å². The third kappa shape index (κ3) is 1.46. The van der Waals surface area contributed by atoms with Crippen LogP contribution in [0.15, 0.2) is 12.1 Å². The lowest BCUT2D eigenvalue weighted by atomic mass is 10.0. The van der Waals surface area contributed by atoms with E-state index in [2.05, 4.69) is 4.98 Å². The number of H-pyrrole nitrogens is 1. The summed E-state index contributed by atoms with van der Waals surface area (Å²) in [6.45, 7) is 0. The Morgan fingerprint density at radius 3 is 2.67 bits per heavy atom. The smallest absolute Gasteiger partial charge is 0.112 e. The van der Waals surface area contributed by atoms with Gasteiger partial charge in [0.1, 0.15) is 11.3 Å². The number of halogens is 1. The number of fused-ring (bicyclic) bond motifs is 2. The van der Waals surface area contributed by atoms with E-state index in [4.69, 9.17) is 22.3 Å². The number of benzene rings is 1. The van der Waals surface area contributed by atoms with Crippen LogP contribution in [0.3, 0.4) is 0 Å². The predicted octanol–water partition coefficient (Wildman–Crippen LogP) is 3.70. The largest absolute Gasteiger partial charge is 0.397 e. The molecular formula is C14H16ClN3. The fourth-order valence-corrected chi connectivity index (χ4v) is 3.91. The van der Waals surface area contributed by atoms with Gasteiger partial charge in [-0.05, 0) is 36.8 Å². The fraction of sp³-hybridized carbons (Fsp3) is 0.500. The molecule has 2 aliphatic rings. The maximum absolute atomic E-state index is 6.02. The summed E-state index contributed by atoms with van der Waals surface area (Å²) in [5, 5.41) is 0.670. The van der Waals surface area contributed by atoms with Crippen LogP contribution in [0.1, 0.15) is 37.4 Å². The average molecular weight is 262 g/mol. The van der Waals surface area contributed by atoms with Gasteiger partial charge in [0, 0.05) is 10.9 Å². The van der Waals surface area contributed by atoms with E-state index >= 15 is 0 Å². The van der Waals surface area contributed by atoms with Crippen LogP contribution in [-0.2, 0) is 0 Å². The number of nitrogens with one attached hydrogen (secondary N) is 1. The summed E-state index contributed by atoms with van der Waals surface area (Å²) < 4.78 is 0. The van der Waals surface area contributed by atoms with Crippen molar-refractivity contribution in [3.8, 4) is 0 Å². The number of nitrogens with two attached hydrogens (primary N) is 1. The van der Waals surface area contributed by atoms with Crippen LogP contribution in [0.4, 0.5) is 5.69 Å². The van der Waals surface area contributed by atoms with Crippen LogP contribution in [0.2, 0.25) is 5.02 Å². The molecule has 1 heterocycles. The summed E-state index contributed by atoms with van der Waals surface area (Å²) in [6, 6.07) is 3.68. The molecule has 2 fully saturated rings. The van der Waals surface area contributed by atoms with Gasteiger partial charge >= 0.3 is 0 Å². The molecule has 1 aromatic carbocycles. The summed E-state index contributed by atoms with van der Waals surface area (Å²) >= 11 is 6.02. The maximum Gasteiger partial charge on any atom is 0.112 e. The van der Waals surface area contributed by atoms with Gasteiger partial charge in [0.25, 0.3) is 0 Å². The lowest BCUT2D eigenvalue weighted by Crippen LogP contribution is -1.91. The summed E-state index contributed by atoms with van der Waals surface area (Å²) in [4.78, 5) is 8.12. The monoisotopic (exact) mass is 261 g/mol. The van der Waals surface area contributed by atoms with Crippen LogP contribution in [-0.4, -0.2) is 9.97 Å². The Balaban J connectivity index is 1.76. The maximum atomic E-state index is 6.02. The van der Waals surface area contributed by atoms with E-state index in [0.717, 1.165) is 28.7 Å². The number of hydrogen-bond donors (Lipinski definition) is 2. The molecule has 2 aliphatic carbocycles. The zero-order valence-electron chi connectivity index (χ0n) is 10.1. The van der Waals surface area contributed by atoms with E-state index in [0.29, 0.717) is 16.6 Å². The molecule has 4 heteroatoms. The Morgan fingerprint density at radius 2 is 1.94 bits per heavy atom. The van der Waals surface area contributed by atoms with Crippen molar-refractivity contribution in [2.45, 2.75) is 31.6 Å². The molecule has 2 saturated carbocycles. The SMILES string of the molecule is Nc1cc(Cl)cc2[nH]c(C3C4CCCCC43)nc12.